The Morgan fingerprint density at radius 2 is 2.00 bits per heavy atom. The van der Waals surface area contributed by atoms with Crippen LogP contribution in [0, 0.1) is 11.6 Å². The van der Waals surface area contributed by atoms with E-state index in [1.807, 2.05) is 11.4 Å². The summed E-state index contributed by atoms with van der Waals surface area (Å²) >= 11 is 4.91. The molecule has 6 heteroatoms. The molecule has 2 rings (SSSR count). The number of thiophene rings is 1. The highest BCUT2D eigenvalue weighted by atomic mass is 79.9. The van der Waals surface area contributed by atoms with E-state index in [0.717, 1.165) is 21.5 Å². The van der Waals surface area contributed by atoms with E-state index >= 15 is 0 Å². The van der Waals surface area contributed by atoms with Gasteiger partial charge in [0.05, 0.1) is 12.1 Å². The van der Waals surface area contributed by atoms with Crippen LogP contribution in [0.3, 0.4) is 0 Å². The van der Waals surface area contributed by atoms with Crippen LogP contribution in [0.1, 0.15) is 15.2 Å². The first-order valence-corrected chi connectivity index (χ1v) is 7.53. The van der Waals surface area contributed by atoms with Crippen molar-refractivity contribution >= 4 is 33.0 Å². The maximum atomic E-state index is 13.5. The average molecular weight is 360 g/mol. The number of carbonyl (C=O) groups excluding carboxylic acids is 1. The first kappa shape index (κ1) is 15.3. The smallest absolute Gasteiger partial charge is 0.182 e. The molecule has 0 fully saturated rings. The number of hydrogen-bond acceptors (Lipinski definition) is 3. The van der Waals surface area contributed by atoms with Gasteiger partial charge in [-0.2, -0.15) is 0 Å². The minimum absolute atomic E-state index is 0.0344. The molecule has 0 amide bonds. The number of carbonyl (C=O) groups is 1. The van der Waals surface area contributed by atoms with Gasteiger partial charge in [0, 0.05) is 21.3 Å². The zero-order valence-electron chi connectivity index (χ0n) is 10.7. The summed E-state index contributed by atoms with van der Waals surface area (Å²) < 4.78 is 28.0. The monoisotopic (exact) mass is 359 g/mol. The van der Waals surface area contributed by atoms with Gasteiger partial charge in [0.1, 0.15) is 11.6 Å². The highest BCUT2D eigenvalue weighted by Crippen LogP contribution is 2.21. The SMILES string of the molecule is CN(CC(=O)c1c(F)cccc1F)Cc1cc(Br)cs1. The number of ketones is 1. The van der Waals surface area contributed by atoms with Crippen molar-refractivity contribution in [1.82, 2.24) is 4.90 Å². The molecular formula is C14H12BrF2NOS. The predicted molar refractivity (Wildman–Crippen MR) is 79.0 cm³/mol. The normalized spacial score (nSPS) is 11.1. The highest BCUT2D eigenvalue weighted by Gasteiger charge is 2.18. The second-order valence-corrected chi connectivity index (χ2v) is 6.33. The van der Waals surface area contributed by atoms with Crippen LogP contribution in [0.2, 0.25) is 0 Å². The molecular weight excluding hydrogens is 348 g/mol. The largest absolute Gasteiger partial charge is 0.294 e. The van der Waals surface area contributed by atoms with E-state index in [2.05, 4.69) is 15.9 Å². The lowest BCUT2D eigenvalue weighted by Crippen LogP contribution is -2.26. The average Bonchev–Trinajstić information content (AvgIpc) is 2.74. The predicted octanol–water partition coefficient (Wildman–Crippen LogP) is 4.10. The minimum Gasteiger partial charge on any atom is -0.294 e. The molecule has 2 aromatic rings. The molecule has 0 saturated carbocycles. The van der Waals surface area contributed by atoms with Crippen molar-refractivity contribution in [3.8, 4) is 0 Å². The Hall–Kier alpha value is -1.11. The topological polar surface area (TPSA) is 20.3 Å². The van der Waals surface area contributed by atoms with Gasteiger partial charge >= 0.3 is 0 Å². The van der Waals surface area contributed by atoms with E-state index in [-0.39, 0.29) is 6.54 Å². The van der Waals surface area contributed by atoms with E-state index < -0.39 is 23.0 Å². The van der Waals surface area contributed by atoms with Crippen molar-refractivity contribution in [3.63, 3.8) is 0 Å². The van der Waals surface area contributed by atoms with Crippen molar-refractivity contribution in [3.05, 3.63) is 56.2 Å². The van der Waals surface area contributed by atoms with E-state index in [1.165, 1.54) is 6.07 Å². The Morgan fingerprint density at radius 1 is 1.35 bits per heavy atom. The lowest BCUT2D eigenvalue weighted by Gasteiger charge is -2.15. The fourth-order valence-corrected chi connectivity index (χ4v) is 3.38. The summed E-state index contributed by atoms with van der Waals surface area (Å²) in [7, 11) is 1.74. The van der Waals surface area contributed by atoms with Crippen LogP contribution in [0.4, 0.5) is 8.78 Å². The number of halogens is 3. The fraction of sp³-hybridized carbons (Fsp3) is 0.214. The van der Waals surface area contributed by atoms with E-state index in [0.29, 0.717) is 6.54 Å². The second-order valence-electron chi connectivity index (χ2n) is 4.42. The summed E-state index contributed by atoms with van der Waals surface area (Å²) in [6.45, 7) is 0.519. The highest BCUT2D eigenvalue weighted by molar-refractivity contribution is 9.10. The van der Waals surface area contributed by atoms with Crippen LogP contribution >= 0.6 is 27.3 Å². The van der Waals surface area contributed by atoms with Crippen molar-refractivity contribution < 1.29 is 13.6 Å². The molecule has 106 valence electrons. The van der Waals surface area contributed by atoms with Crippen LogP contribution < -0.4 is 0 Å². The minimum atomic E-state index is -0.817. The Balaban J connectivity index is 2.04. The molecule has 0 aliphatic carbocycles. The van der Waals surface area contributed by atoms with Crippen molar-refractivity contribution in [2.75, 3.05) is 13.6 Å². The molecule has 0 N–H and O–H groups in total. The second kappa shape index (κ2) is 6.56. The Labute approximate surface area is 128 Å². The molecule has 1 aromatic heterocycles. The number of Topliss-reactive ketones (excluding diaryl/α,β-unsaturated/α-hetero) is 1. The standard InChI is InChI=1S/C14H12BrF2NOS/c1-18(6-10-5-9(15)8-20-10)7-13(19)14-11(16)3-2-4-12(14)17/h2-5,8H,6-7H2,1H3. The zero-order valence-corrected chi connectivity index (χ0v) is 13.1. The maximum absolute atomic E-state index is 13.5. The third-order valence-electron chi connectivity index (χ3n) is 2.70. The summed E-state index contributed by atoms with van der Waals surface area (Å²) in [5.74, 6) is -2.19. The van der Waals surface area contributed by atoms with Gasteiger partial charge in [0.2, 0.25) is 0 Å². The van der Waals surface area contributed by atoms with Crippen LogP contribution in [-0.4, -0.2) is 24.3 Å². The van der Waals surface area contributed by atoms with Gasteiger partial charge in [-0.3, -0.25) is 9.69 Å². The van der Waals surface area contributed by atoms with Crippen molar-refractivity contribution in [2.45, 2.75) is 6.54 Å². The zero-order chi connectivity index (χ0) is 14.7. The molecule has 1 aromatic carbocycles. The summed E-state index contributed by atoms with van der Waals surface area (Å²) in [5, 5.41) is 1.95. The lowest BCUT2D eigenvalue weighted by atomic mass is 10.1. The van der Waals surface area contributed by atoms with Gasteiger partial charge in [-0.1, -0.05) is 6.07 Å². The molecule has 0 atom stereocenters. The number of nitrogens with zero attached hydrogens (tertiary/aromatic N) is 1. The molecule has 0 bridgehead atoms. The molecule has 2 nitrogen and oxygen atoms in total. The molecule has 0 aliphatic rings. The van der Waals surface area contributed by atoms with Crippen molar-refractivity contribution in [2.24, 2.45) is 0 Å². The van der Waals surface area contributed by atoms with E-state index in [1.54, 1.807) is 23.3 Å². The lowest BCUT2D eigenvalue weighted by molar-refractivity contribution is 0.0935. The third-order valence-corrected chi connectivity index (χ3v) is 4.39. The fourth-order valence-electron chi connectivity index (χ4n) is 1.85. The first-order valence-electron chi connectivity index (χ1n) is 5.86. The van der Waals surface area contributed by atoms with Gasteiger partial charge < -0.3 is 0 Å². The Bertz CT molecular complexity index is 609. The number of hydrogen-bond donors (Lipinski definition) is 0. The van der Waals surface area contributed by atoms with Crippen LogP contribution in [0.25, 0.3) is 0 Å². The van der Waals surface area contributed by atoms with Crippen molar-refractivity contribution in [1.29, 1.82) is 0 Å². The quantitative estimate of drug-likeness (QED) is 0.749. The van der Waals surface area contributed by atoms with Crippen LogP contribution in [0.15, 0.2) is 34.1 Å². The molecule has 0 saturated heterocycles. The summed E-state index contributed by atoms with van der Waals surface area (Å²) in [6.07, 6.45) is 0. The number of likely N-dealkylation sites (N-methyl/N-ethyl adjacent to an activating group) is 1. The van der Waals surface area contributed by atoms with Gasteiger partial charge in [0.25, 0.3) is 0 Å². The summed E-state index contributed by atoms with van der Waals surface area (Å²) in [4.78, 5) is 14.8. The number of rotatable bonds is 5. The maximum Gasteiger partial charge on any atom is 0.182 e. The van der Waals surface area contributed by atoms with E-state index in [9.17, 15) is 13.6 Å². The van der Waals surface area contributed by atoms with Crippen LogP contribution in [-0.2, 0) is 6.54 Å². The molecule has 0 spiro atoms. The van der Waals surface area contributed by atoms with Gasteiger partial charge in [-0.05, 0) is 41.2 Å². The molecule has 0 unspecified atom stereocenters. The number of benzene rings is 1. The summed E-state index contributed by atoms with van der Waals surface area (Å²) in [5.41, 5.74) is -0.466. The third kappa shape index (κ3) is 3.71. The van der Waals surface area contributed by atoms with Gasteiger partial charge in [-0.15, -0.1) is 11.3 Å². The van der Waals surface area contributed by atoms with E-state index in [4.69, 9.17) is 0 Å². The van der Waals surface area contributed by atoms with Crippen LogP contribution in [0.5, 0.6) is 0 Å². The summed E-state index contributed by atoms with van der Waals surface area (Å²) in [6, 6.07) is 5.38. The van der Waals surface area contributed by atoms with Gasteiger partial charge in [0.15, 0.2) is 5.78 Å². The van der Waals surface area contributed by atoms with Gasteiger partial charge in [-0.25, -0.2) is 8.78 Å². The molecule has 0 aliphatic heterocycles. The Morgan fingerprint density at radius 3 is 2.55 bits per heavy atom. The molecule has 20 heavy (non-hydrogen) atoms. The first-order chi connectivity index (χ1) is 9.47. The Kier molecular flexibility index (Phi) is 5.01. The molecule has 1 heterocycles. The molecule has 0 radical (unpaired) electrons.